The molecule has 3 heteroatoms. The maximum atomic E-state index is 11.9. The van der Waals surface area contributed by atoms with Crippen LogP contribution in [0.15, 0.2) is 30.3 Å². The van der Waals surface area contributed by atoms with Crippen molar-refractivity contribution in [1.82, 2.24) is 10.2 Å². The Morgan fingerprint density at radius 3 is 2.60 bits per heavy atom. The van der Waals surface area contributed by atoms with Crippen molar-refractivity contribution in [2.45, 2.75) is 45.1 Å². The minimum Gasteiger partial charge on any atom is -0.356 e. The lowest BCUT2D eigenvalue weighted by Gasteiger charge is -2.31. The molecule has 1 saturated heterocycles. The molecule has 1 unspecified atom stereocenters. The molecule has 1 N–H and O–H groups in total. The number of rotatable bonds is 6. The van der Waals surface area contributed by atoms with Crippen LogP contribution in [0.4, 0.5) is 0 Å². The number of benzene rings is 1. The molecule has 1 aromatic rings. The minimum absolute atomic E-state index is 0.180. The minimum atomic E-state index is 0.180. The van der Waals surface area contributed by atoms with Crippen molar-refractivity contribution >= 4 is 5.91 Å². The van der Waals surface area contributed by atoms with Crippen molar-refractivity contribution in [3.05, 3.63) is 35.9 Å². The summed E-state index contributed by atoms with van der Waals surface area (Å²) in [4.78, 5) is 14.4. The zero-order chi connectivity index (χ0) is 14.2. The lowest BCUT2D eigenvalue weighted by molar-refractivity contribution is -0.122. The number of nitrogens with zero attached hydrogens (tertiary/aromatic N) is 1. The maximum Gasteiger partial charge on any atom is 0.221 e. The van der Waals surface area contributed by atoms with Crippen LogP contribution < -0.4 is 5.32 Å². The molecule has 1 amide bonds. The molecule has 1 atom stereocenters. The van der Waals surface area contributed by atoms with Crippen LogP contribution in [0, 0.1) is 0 Å². The third-order valence-corrected chi connectivity index (χ3v) is 4.07. The quantitative estimate of drug-likeness (QED) is 0.865. The maximum absolute atomic E-state index is 11.9. The fourth-order valence-electron chi connectivity index (χ4n) is 2.82. The van der Waals surface area contributed by atoms with Crippen molar-refractivity contribution < 1.29 is 4.79 Å². The third-order valence-electron chi connectivity index (χ3n) is 4.07. The summed E-state index contributed by atoms with van der Waals surface area (Å²) in [6.45, 7) is 5.20. The van der Waals surface area contributed by atoms with Crippen LogP contribution in [-0.2, 0) is 11.2 Å². The van der Waals surface area contributed by atoms with E-state index in [9.17, 15) is 4.79 Å². The van der Waals surface area contributed by atoms with Crippen molar-refractivity contribution in [2.75, 3.05) is 19.6 Å². The highest BCUT2D eigenvalue weighted by Gasteiger charge is 2.18. The van der Waals surface area contributed by atoms with E-state index in [0.717, 1.165) is 26.1 Å². The molecule has 20 heavy (non-hydrogen) atoms. The van der Waals surface area contributed by atoms with Gasteiger partial charge in [0, 0.05) is 19.0 Å². The van der Waals surface area contributed by atoms with E-state index in [0.29, 0.717) is 12.5 Å². The monoisotopic (exact) mass is 274 g/mol. The van der Waals surface area contributed by atoms with Crippen LogP contribution in [-0.4, -0.2) is 36.5 Å². The second kappa shape index (κ2) is 8.05. The normalized spacial score (nSPS) is 17.6. The molecule has 110 valence electrons. The largest absolute Gasteiger partial charge is 0.356 e. The van der Waals surface area contributed by atoms with Gasteiger partial charge in [-0.2, -0.15) is 0 Å². The summed E-state index contributed by atoms with van der Waals surface area (Å²) in [5.41, 5.74) is 1.27. The van der Waals surface area contributed by atoms with Crippen LogP contribution >= 0.6 is 0 Å². The smallest absolute Gasteiger partial charge is 0.221 e. The van der Waals surface area contributed by atoms with Gasteiger partial charge in [0.25, 0.3) is 0 Å². The fourth-order valence-corrected chi connectivity index (χ4v) is 2.82. The Bertz CT molecular complexity index is 399. The van der Waals surface area contributed by atoms with Gasteiger partial charge in [-0.3, -0.25) is 4.79 Å². The zero-order valence-corrected chi connectivity index (χ0v) is 12.5. The molecular weight excluding hydrogens is 248 g/mol. The zero-order valence-electron chi connectivity index (χ0n) is 12.5. The van der Waals surface area contributed by atoms with Gasteiger partial charge in [0.2, 0.25) is 5.91 Å². The first-order valence-electron chi connectivity index (χ1n) is 7.80. The SMILES string of the molecule is CC(CC(=O)NCCc1ccccc1)N1CCCCC1. The number of hydrogen-bond donors (Lipinski definition) is 1. The van der Waals surface area contributed by atoms with Gasteiger partial charge in [-0.25, -0.2) is 0 Å². The van der Waals surface area contributed by atoms with Crippen molar-refractivity contribution in [3.63, 3.8) is 0 Å². The summed E-state index contributed by atoms with van der Waals surface area (Å²) in [6.07, 6.45) is 5.42. The van der Waals surface area contributed by atoms with Crippen LogP contribution in [0.1, 0.15) is 38.2 Å². The van der Waals surface area contributed by atoms with Gasteiger partial charge in [0.05, 0.1) is 0 Å². The summed E-state index contributed by atoms with van der Waals surface area (Å²) in [7, 11) is 0. The van der Waals surface area contributed by atoms with Gasteiger partial charge in [0.1, 0.15) is 0 Å². The number of likely N-dealkylation sites (tertiary alicyclic amines) is 1. The third kappa shape index (κ3) is 4.97. The highest BCUT2D eigenvalue weighted by atomic mass is 16.1. The van der Waals surface area contributed by atoms with E-state index in [1.165, 1.54) is 24.8 Å². The second-order valence-electron chi connectivity index (χ2n) is 5.74. The van der Waals surface area contributed by atoms with E-state index in [-0.39, 0.29) is 5.91 Å². The molecule has 0 radical (unpaired) electrons. The van der Waals surface area contributed by atoms with E-state index >= 15 is 0 Å². The van der Waals surface area contributed by atoms with Gasteiger partial charge < -0.3 is 10.2 Å². The summed E-state index contributed by atoms with van der Waals surface area (Å²) in [5.74, 6) is 0.180. The summed E-state index contributed by atoms with van der Waals surface area (Å²) < 4.78 is 0. The molecule has 1 aliphatic heterocycles. The Hall–Kier alpha value is -1.35. The lowest BCUT2D eigenvalue weighted by atomic mass is 10.1. The van der Waals surface area contributed by atoms with Crippen LogP contribution in [0.3, 0.4) is 0 Å². The average Bonchev–Trinajstić information content (AvgIpc) is 2.49. The molecule has 1 aromatic carbocycles. The number of amides is 1. The summed E-state index contributed by atoms with van der Waals surface area (Å²) in [6, 6.07) is 10.7. The molecule has 0 aromatic heterocycles. The number of hydrogen-bond acceptors (Lipinski definition) is 2. The van der Waals surface area contributed by atoms with Crippen LogP contribution in [0.5, 0.6) is 0 Å². The van der Waals surface area contributed by atoms with E-state index < -0.39 is 0 Å². The van der Waals surface area contributed by atoms with Gasteiger partial charge >= 0.3 is 0 Å². The van der Waals surface area contributed by atoms with E-state index in [4.69, 9.17) is 0 Å². The van der Waals surface area contributed by atoms with Gasteiger partial charge in [-0.15, -0.1) is 0 Å². The number of carbonyl (C=O) groups is 1. The van der Waals surface area contributed by atoms with Gasteiger partial charge in [-0.1, -0.05) is 36.8 Å². The molecule has 1 aliphatic rings. The van der Waals surface area contributed by atoms with Crippen LogP contribution in [0.2, 0.25) is 0 Å². The Morgan fingerprint density at radius 2 is 1.90 bits per heavy atom. The molecule has 0 bridgehead atoms. The standard InChI is InChI=1S/C17H26N2O/c1-15(19-12-6-3-7-13-19)14-17(20)18-11-10-16-8-4-2-5-9-16/h2,4-5,8-9,15H,3,6-7,10-14H2,1H3,(H,18,20). The topological polar surface area (TPSA) is 32.3 Å². The number of piperidine rings is 1. The first-order valence-corrected chi connectivity index (χ1v) is 7.80. The molecule has 3 nitrogen and oxygen atoms in total. The Labute approximate surface area is 122 Å². The van der Waals surface area contributed by atoms with Crippen molar-refractivity contribution in [1.29, 1.82) is 0 Å². The fraction of sp³-hybridized carbons (Fsp3) is 0.588. The molecule has 0 aliphatic carbocycles. The molecule has 0 spiro atoms. The van der Waals surface area contributed by atoms with Crippen molar-refractivity contribution in [2.24, 2.45) is 0 Å². The Kier molecular flexibility index (Phi) is 6.06. The van der Waals surface area contributed by atoms with Gasteiger partial charge in [0.15, 0.2) is 0 Å². The van der Waals surface area contributed by atoms with E-state index in [2.05, 4.69) is 29.3 Å². The molecule has 2 rings (SSSR count). The van der Waals surface area contributed by atoms with Crippen molar-refractivity contribution in [3.8, 4) is 0 Å². The highest BCUT2D eigenvalue weighted by molar-refractivity contribution is 5.76. The summed E-state index contributed by atoms with van der Waals surface area (Å²) >= 11 is 0. The Morgan fingerprint density at radius 1 is 1.20 bits per heavy atom. The van der Waals surface area contributed by atoms with Gasteiger partial charge in [-0.05, 0) is 44.8 Å². The molecular formula is C17H26N2O. The average molecular weight is 274 g/mol. The Balaban J connectivity index is 1.64. The molecule has 1 heterocycles. The van der Waals surface area contributed by atoms with Crippen LogP contribution in [0.25, 0.3) is 0 Å². The second-order valence-corrected chi connectivity index (χ2v) is 5.74. The number of carbonyl (C=O) groups excluding carboxylic acids is 1. The lowest BCUT2D eigenvalue weighted by Crippen LogP contribution is -2.40. The highest BCUT2D eigenvalue weighted by Crippen LogP contribution is 2.13. The molecule has 1 fully saturated rings. The molecule has 0 saturated carbocycles. The summed E-state index contributed by atoms with van der Waals surface area (Å²) in [5, 5.41) is 3.04. The predicted octanol–water partition coefficient (Wildman–Crippen LogP) is 2.61. The number of nitrogens with one attached hydrogen (secondary N) is 1. The first kappa shape index (κ1) is 15.0. The first-order chi connectivity index (χ1) is 9.75. The van der Waals surface area contributed by atoms with E-state index in [1.807, 2.05) is 18.2 Å². The van der Waals surface area contributed by atoms with E-state index in [1.54, 1.807) is 0 Å². The predicted molar refractivity (Wildman–Crippen MR) is 82.7 cm³/mol.